The first-order valence-corrected chi connectivity index (χ1v) is 11.8. The first-order valence-electron chi connectivity index (χ1n) is 11.8. The van der Waals surface area contributed by atoms with Crippen molar-refractivity contribution in [2.24, 2.45) is 0 Å². The number of hydrogen-bond donors (Lipinski definition) is 2. The van der Waals surface area contributed by atoms with Gasteiger partial charge >= 0.3 is 0 Å². The van der Waals surface area contributed by atoms with Gasteiger partial charge in [0.05, 0.1) is 18.2 Å². The van der Waals surface area contributed by atoms with Crippen LogP contribution in [-0.4, -0.2) is 40.0 Å². The summed E-state index contributed by atoms with van der Waals surface area (Å²) < 4.78 is 11.6. The Morgan fingerprint density at radius 1 is 0.973 bits per heavy atom. The smallest absolute Gasteiger partial charge is 0.259 e. The quantitative estimate of drug-likeness (QED) is 0.337. The molecule has 0 aliphatic rings. The predicted molar refractivity (Wildman–Crippen MR) is 144 cm³/mol. The van der Waals surface area contributed by atoms with Gasteiger partial charge < -0.3 is 20.1 Å². The van der Waals surface area contributed by atoms with Gasteiger partial charge in [-0.05, 0) is 53.8 Å². The van der Waals surface area contributed by atoms with E-state index in [1.807, 2.05) is 43.3 Å². The fourth-order valence-electron chi connectivity index (χ4n) is 3.63. The van der Waals surface area contributed by atoms with Gasteiger partial charge in [0.25, 0.3) is 5.91 Å². The van der Waals surface area contributed by atoms with Crippen LogP contribution in [0.25, 0.3) is 11.4 Å². The summed E-state index contributed by atoms with van der Waals surface area (Å²) in [5.74, 6) is 1.96. The van der Waals surface area contributed by atoms with Crippen LogP contribution in [0.5, 0.6) is 17.4 Å². The summed E-state index contributed by atoms with van der Waals surface area (Å²) in [5, 5.41) is 5.87. The molecule has 2 heterocycles. The van der Waals surface area contributed by atoms with Gasteiger partial charge in [-0.25, -0.2) is 15.0 Å². The van der Waals surface area contributed by atoms with Gasteiger partial charge in [-0.3, -0.25) is 4.79 Å². The standard InChI is InChI=1S/C28H30N6O3/c1-17-9-11-19(33-25(35)21-14-18(28(2,3)4)10-12-22(21)36-6)15-23(17)37-26-20(8-7-13-30-26)24-31-16-32-27(29-5)34-24/h7-16H,1-6H3,(H,33,35)(H,29,31,32,34). The van der Waals surface area contributed by atoms with Crippen molar-refractivity contribution in [2.45, 2.75) is 33.1 Å². The lowest BCUT2D eigenvalue weighted by Gasteiger charge is -2.21. The zero-order chi connectivity index (χ0) is 26.6. The van der Waals surface area contributed by atoms with E-state index in [4.69, 9.17) is 9.47 Å². The Bertz CT molecular complexity index is 1430. The lowest BCUT2D eigenvalue weighted by Crippen LogP contribution is -2.17. The maximum Gasteiger partial charge on any atom is 0.259 e. The number of ether oxygens (including phenoxy) is 2. The number of carbonyl (C=O) groups excluding carboxylic acids is 1. The first-order chi connectivity index (χ1) is 17.7. The zero-order valence-corrected chi connectivity index (χ0v) is 21.8. The molecule has 0 radical (unpaired) electrons. The molecule has 1 amide bonds. The van der Waals surface area contributed by atoms with E-state index in [0.29, 0.717) is 46.0 Å². The highest BCUT2D eigenvalue weighted by molar-refractivity contribution is 6.06. The molecule has 0 bridgehead atoms. The molecule has 0 fully saturated rings. The molecule has 4 aromatic rings. The number of nitrogens with zero attached hydrogens (tertiary/aromatic N) is 4. The number of aromatic nitrogens is 4. The Balaban J connectivity index is 1.63. The van der Waals surface area contributed by atoms with Crippen molar-refractivity contribution in [3.05, 3.63) is 77.7 Å². The van der Waals surface area contributed by atoms with Crippen molar-refractivity contribution in [1.82, 2.24) is 19.9 Å². The largest absolute Gasteiger partial charge is 0.496 e. The van der Waals surface area contributed by atoms with Crippen molar-refractivity contribution < 1.29 is 14.3 Å². The molecule has 2 aromatic carbocycles. The topological polar surface area (TPSA) is 111 Å². The number of aryl methyl sites for hydroxylation is 1. The molecule has 190 valence electrons. The van der Waals surface area contributed by atoms with E-state index < -0.39 is 0 Å². The van der Waals surface area contributed by atoms with Crippen molar-refractivity contribution in [1.29, 1.82) is 0 Å². The molecular formula is C28H30N6O3. The molecule has 0 spiro atoms. The molecule has 0 saturated heterocycles. The van der Waals surface area contributed by atoms with Gasteiger partial charge in [-0.15, -0.1) is 0 Å². The maximum absolute atomic E-state index is 13.3. The van der Waals surface area contributed by atoms with Gasteiger partial charge in [0.2, 0.25) is 11.8 Å². The van der Waals surface area contributed by atoms with Crippen LogP contribution < -0.4 is 20.1 Å². The molecule has 0 atom stereocenters. The minimum Gasteiger partial charge on any atom is -0.496 e. The molecule has 9 nitrogen and oxygen atoms in total. The summed E-state index contributed by atoms with van der Waals surface area (Å²) in [5.41, 5.74) is 3.43. The van der Waals surface area contributed by atoms with E-state index in [9.17, 15) is 4.79 Å². The third kappa shape index (κ3) is 5.83. The minimum atomic E-state index is -0.277. The van der Waals surface area contributed by atoms with Crippen molar-refractivity contribution in [3.63, 3.8) is 0 Å². The first kappa shape index (κ1) is 25.6. The third-order valence-electron chi connectivity index (χ3n) is 5.77. The van der Waals surface area contributed by atoms with Crippen LogP contribution in [-0.2, 0) is 5.41 Å². The van der Waals surface area contributed by atoms with Crippen LogP contribution in [0, 0.1) is 6.92 Å². The van der Waals surface area contributed by atoms with Gasteiger partial charge in [0.15, 0.2) is 5.82 Å². The van der Waals surface area contributed by atoms with Crippen LogP contribution in [0.15, 0.2) is 61.1 Å². The third-order valence-corrected chi connectivity index (χ3v) is 5.77. The number of nitrogens with one attached hydrogen (secondary N) is 2. The number of hydrogen-bond acceptors (Lipinski definition) is 8. The Kier molecular flexibility index (Phi) is 7.33. The number of benzene rings is 2. The van der Waals surface area contributed by atoms with E-state index in [1.165, 1.54) is 6.33 Å². The number of methoxy groups -OCH3 is 1. The van der Waals surface area contributed by atoms with Crippen LogP contribution in [0.3, 0.4) is 0 Å². The van der Waals surface area contributed by atoms with E-state index in [2.05, 4.69) is 51.3 Å². The van der Waals surface area contributed by atoms with Gasteiger partial charge in [-0.2, -0.15) is 4.98 Å². The second-order valence-corrected chi connectivity index (χ2v) is 9.44. The molecular weight excluding hydrogens is 468 g/mol. The van der Waals surface area contributed by atoms with E-state index in [1.54, 1.807) is 32.5 Å². The monoisotopic (exact) mass is 498 g/mol. The van der Waals surface area contributed by atoms with Crippen LogP contribution in [0.2, 0.25) is 0 Å². The summed E-state index contributed by atoms with van der Waals surface area (Å²) in [6.07, 6.45) is 3.06. The van der Waals surface area contributed by atoms with Crippen molar-refractivity contribution >= 4 is 17.5 Å². The van der Waals surface area contributed by atoms with Crippen molar-refractivity contribution in [2.75, 3.05) is 24.8 Å². The second kappa shape index (κ2) is 10.6. The molecule has 0 aliphatic carbocycles. The zero-order valence-electron chi connectivity index (χ0n) is 21.8. The van der Waals surface area contributed by atoms with E-state index >= 15 is 0 Å². The van der Waals surface area contributed by atoms with Gasteiger partial charge in [-0.1, -0.05) is 32.9 Å². The van der Waals surface area contributed by atoms with Gasteiger partial charge in [0.1, 0.15) is 17.8 Å². The Morgan fingerprint density at radius 2 is 1.78 bits per heavy atom. The Hall–Kier alpha value is -4.53. The van der Waals surface area contributed by atoms with Gasteiger partial charge in [0, 0.05) is 25.0 Å². The summed E-state index contributed by atoms with van der Waals surface area (Å²) in [4.78, 5) is 30.4. The normalized spacial score (nSPS) is 11.1. The summed E-state index contributed by atoms with van der Waals surface area (Å²) in [6, 6.07) is 14.7. The highest BCUT2D eigenvalue weighted by Gasteiger charge is 2.20. The average molecular weight is 499 g/mol. The Labute approximate surface area is 216 Å². The molecule has 0 unspecified atom stereocenters. The fourth-order valence-corrected chi connectivity index (χ4v) is 3.63. The highest BCUT2D eigenvalue weighted by Crippen LogP contribution is 2.33. The lowest BCUT2D eigenvalue weighted by molar-refractivity contribution is 0.102. The predicted octanol–water partition coefficient (Wildman–Crippen LogP) is 5.63. The van der Waals surface area contributed by atoms with Crippen LogP contribution in [0.4, 0.5) is 11.6 Å². The summed E-state index contributed by atoms with van der Waals surface area (Å²) in [7, 11) is 3.29. The lowest BCUT2D eigenvalue weighted by atomic mass is 9.86. The fraction of sp³-hybridized carbons (Fsp3) is 0.250. The second-order valence-electron chi connectivity index (χ2n) is 9.44. The Morgan fingerprint density at radius 3 is 2.51 bits per heavy atom. The molecule has 0 aliphatic heterocycles. The number of pyridine rings is 1. The van der Waals surface area contributed by atoms with E-state index in [0.717, 1.165) is 11.1 Å². The van der Waals surface area contributed by atoms with E-state index in [-0.39, 0.29) is 11.3 Å². The maximum atomic E-state index is 13.3. The molecule has 2 aromatic heterocycles. The SMILES string of the molecule is CNc1ncnc(-c2cccnc2Oc2cc(NC(=O)c3cc(C(C)(C)C)ccc3OC)ccc2C)n1. The van der Waals surface area contributed by atoms with Crippen LogP contribution >= 0.6 is 0 Å². The van der Waals surface area contributed by atoms with Crippen molar-refractivity contribution in [3.8, 4) is 28.8 Å². The molecule has 2 N–H and O–H groups in total. The summed E-state index contributed by atoms with van der Waals surface area (Å²) >= 11 is 0. The summed E-state index contributed by atoms with van der Waals surface area (Å²) in [6.45, 7) is 8.22. The average Bonchev–Trinajstić information content (AvgIpc) is 2.90. The molecule has 9 heteroatoms. The molecule has 37 heavy (non-hydrogen) atoms. The molecule has 0 saturated carbocycles. The van der Waals surface area contributed by atoms with Crippen LogP contribution in [0.1, 0.15) is 42.3 Å². The highest BCUT2D eigenvalue weighted by atomic mass is 16.5. The number of amides is 1. The number of carbonyl (C=O) groups is 1. The number of rotatable bonds is 7. The molecule has 4 rings (SSSR count). The minimum absolute atomic E-state index is 0.112. The number of anilines is 2.